The number of hydrogen-bond acceptors (Lipinski definition) is 7. The molecule has 4 heterocycles. The summed E-state index contributed by atoms with van der Waals surface area (Å²) < 4.78 is 32.0. The Balaban J connectivity index is 1.58. The molecular formula is C20H26N2O7. The molecule has 3 saturated heterocycles. The van der Waals surface area contributed by atoms with Crippen LogP contribution < -0.4 is 11.2 Å². The van der Waals surface area contributed by atoms with Crippen molar-refractivity contribution in [1.29, 1.82) is 0 Å². The molecule has 0 radical (unpaired) electrons. The summed E-state index contributed by atoms with van der Waals surface area (Å²) in [6, 6.07) is 1.29. The Labute approximate surface area is 168 Å². The summed E-state index contributed by atoms with van der Waals surface area (Å²) in [5.74, 6) is 1.50. The van der Waals surface area contributed by atoms with Gasteiger partial charge in [-0.05, 0) is 33.1 Å². The van der Waals surface area contributed by atoms with E-state index in [2.05, 4.69) is 5.92 Å². The van der Waals surface area contributed by atoms with Crippen molar-refractivity contribution in [3.8, 4) is 12.3 Å². The van der Waals surface area contributed by atoms with Crippen LogP contribution in [0.1, 0.15) is 39.3 Å². The molecule has 4 rings (SSSR count). The van der Waals surface area contributed by atoms with Gasteiger partial charge in [0.2, 0.25) is 0 Å². The van der Waals surface area contributed by atoms with E-state index >= 15 is 0 Å². The molecule has 0 spiro atoms. The van der Waals surface area contributed by atoms with Crippen molar-refractivity contribution in [2.24, 2.45) is 0 Å². The number of rotatable bonds is 5. The predicted octanol–water partition coefficient (Wildman–Crippen LogP) is 0.604. The second-order valence-electron chi connectivity index (χ2n) is 7.89. The average Bonchev–Trinajstić information content (AvgIpc) is 3.18. The summed E-state index contributed by atoms with van der Waals surface area (Å²) in [5, 5.41) is 0. The van der Waals surface area contributed by atoms with E-state index in [9.17, 15) is 9.59 Å². The molecule has 5 atom stereocenters. The van der Waals surface area contributed by atoms with Gasteiger partial charge in [-0.2, -0.15) is 0 Å². The lowest BCUT2D eigenvalue weighted by atomic mass is 10.1. The van der Waals surface area contributed by atoms with Crippen LogP contribution >= 0.6 is 0 Å². The van der Waals surface area contributed by atoms with Crippen LogP contribution in [0.2, 0.25) is 0 Å². The summed E-state index contributed by atoms with van der Waals surface area (Å²) in [6.07, 6.45) is 7.21. The number of terminal acetylenes is 1. The number of hydrogen-bond donors (Lipinski definition) is 0. The van der Waals surface area contributed by atoms with Crippen LogP contribution in [0, 0.1) is 12.3 Å². The molecule has 1 unspecified atom stereocenters. The first kappa shape index (κ1) is 20.3. The molecule has 1 aromatic rings. The molecule has 0 bridgehead atoms. The average molecular weight is 406 g/mol. The van der Waals surface area contributed by atoms with Gasteiger partial charge < -0.3 is 23.7 Å². The fourth-order valence-electron chi connectivity index (χ4n) is 4.02. The Morgan fingerprint density at radius 1 is 1.28 bits per heavy atom. The van der Waals surface area contributed by atoms with Gasteiger partial charge >= 0.3 is 5.69 Å². The Morgan fingerprint density at radius 3 is 2.79 bits per heavy atom. The molecule has 3 fully saturated rings. The molecule has 0 saturated carbocycles. The van der Waals surface area contributed by atoms with E-state index < -0.39 is 41.6 Å². The molecule has 3 aliphatic heterocycles. The summed E-state index contributed by atoms with van der Waals surface area (Å²) in [5.41, 5.74) is -1.01. The highest BCUT2D eigenvalue weighted by Crippen LogP contribution is 2.42. The first-order valence-electron chi connectivity index (χ1n) is 9.89. The lowest BCUT2D eigenvalue weighted by Gasteiger charge is -2.27. The topological polar surface area (TPSA) is 90.2 Å². The second-order valence-corrected chi connectivity index (χ2v) is 7.89. The third-order valence-electron chi connectivity index (χ3n) is 5.33. The Morgan fingerprint density at radius 2 is 2.07 bits per heavy atom. The monoisotopic (exact) mass is 406 g/mol. The molecule has 9 heteroatoms. The maximum Gasteiger partial charge on any atom is 0.334 e. The van der Waals surface area contributed by atoms with Crippen LogP contribution in [-0.2, 0) is 30.2 Å². The van der Waals surface area contributed by atoms with Crippen molar-refractivity contribution < 1.29 is 23.7 Å². The lowest BCUT2D eigenvalue weighted by molar-refractivity contribution is -0.219. The van der Waals surface area contributed by atoms with E-state index in [1.165, 1.54) is 16.8 Å². The van der Waals surface area contributed by atoms with Crippen LogP contribution in [0.15, 0.2) is 21.9 Å². The van der Waals surface area contributed by atoms with Gasteiger partial charge in [-0.1, -0.05) is 5.92 Å². The summed E-state index contributed by atoms with van der Waals surface area (Å²) in [4.78, 5) is 24.8. The SMILES string of the molecule is C#CCn1c(=O)ccn([C@@H]2O[C@H](COC3CCCCO3)[C@H]3OC(C)(C)O[C@H]32)c1=O. The standard InChI is InChI=1S/C20H26N2O7/c1-4-9-21-14(23)8-10-22(19(21)24)18-17-16(28-20(2,3)29-17)13(27-18)12-26-15-7-5-6-11-25-15/h1,8,10,13,15-18H,5-7,9,11-12H2,2-3H3/t13-,15?,16-,17-,18-/m1/s1. The van der Waals surface area contributed by atoms with Crippen molar-refractivity contribution in [2.75, 3.05) is 13.2 Å². The van der Waals surface area contributed by atoms with Crippen LogP contribution in [0.25, 0.3) is 0 Å². The second kappa shape index (κ2) is 8.05. The highest BCUT2D eigenvalue weighted by Gasteiger charge is 2.56. The van der Waals surface area contributed by atoms with E-state index in [4.69, 9.17) is 30.1 Å². The van der Waals surface area contributed by atoms with Crippen LogP contribution in [-0.4, -0.2) is 52.7 Å². The summed E-state index contributed by atoms with van der Waals surface area (Å²) in [7, 11) is 0. The number of nitrogens with zero attached hydrogens (tertiary/aromatic N) is 2. The minimum Gasteiger partial charge on any atom is -0.353 e. The molecule has 1 aromatic heterocycles. The number of ether oxygens (including phenoxy) is 5. The van der Waals surface area contributed by atoms with Crippen LogP contribution in [0.5, 0.6) is 0 Å². The minimum atomic E-state index is -0.826. The van der Waals surface area contributed by atoms with Crippen LogP contribution in [0.3, 0.4) is 0 Å². The van der Waals surface area contributed by atoms with Crippen LogP contribution in [0.4, 0.5) is 0 Å². The van der Waals surface area contributed by atoms with E-state index in [-0.39, 0.29) is 19.4 Å². The van der Waals surface area contributed by atoms with Gasteiger partial charge in [-0.3, -0.25) is 9.36 Å². The normalized spacial score (nSPS) is 33.3. The number of aromatic nitrogens is 2. The third kappa shape index (κ3) is 4.04. The number of fused-ring (bicyclic) bond motifs is 1. The maximum atomic E-state index is 12.8. The zero-order valence-corrected chi connectivity index (χ0v) is 16.6. The highest BCUT2D eigenvalue weighted by atomic mass is 16.8. The van der Waals surface area contributed by atoms with Crippen molar-refractivity contribution in [2.45, 2.75) is 76.3 Å². The van der Waals surface area contributed by atoms with Crippen molar-refractivity contribution in [1.82, 2.24) is 9.13 Å². The molecule has 0 aliphatic carbocycles. The Hall–Kier alpha value is -1.96. The Bertz CT molecular complexity index is 893. The van der Waals surface area contributed by atoms with Gasteiger partial charge in [-0.25, -0.2) is 9.36 Å². The molecule has 0 amide bonds. The van der Waals surface area contributed by atoms with Crippen molar-refractivity contribution >= 4 is 0 Å². The molecule has 0 aromatic carbocycles. The smallest absolute Gasteiger partial charge is 0.334 e. The van der Waals surface area contributed by atoms with Crippen molar-refractivity contribution in [3.63, 3.8) is 0 Å². The first-order chi connectivity index (χ1) is 13.9. The van der Waals surface area contributed by atoms with E-state index in [1.54, 1.807) is 0 Å². The summed E-state index contributed by atoms with van der Waals surface area (Å²) in [6.45, 7) is 4.44. The Kier molecular flexibility index (Phi) is 5.64. The van der Waals surface area contributed by atoms with Gasteiger partial charge in [0.15, 0.2) is 18.3 Å². The highest BCUT2D eigenvalue weighted by molar-refractivity contribution is 5.00. The zero-order chi connectivity index (χ0) is 20.6. The first-order valence-corrected chi connectivity index (χ1v) is 9.89. The quantitative estimate of drug-likeness (QED) is 0.662. The molecule has 29 heavy (non-hydrogen) atoms. The van der Waals surface area contributed by atoms with Gasteiger partial charge in [-0.15, -0.1) is 6.42 Å². The fourth-order valence-corrected chi connectivity index (χ4v) is 4.02. The molecule has 158 valence electrons. The van der Waals surface area contributed by atoms with Gasteiger partial charge in [0, 0.05) is 18.9 Å². The maximum absolute atomic E-state index is 12.8. The molecular weight excluding hydrogens is 380 g/mol. The van der Waals surface area contributed by atoms with Gasteiger partial charge in [0.25, 0.3) is 5.56 Å². The molecule has 9 nitrogen and oxygen atoms in total. The predicted molar refractivity (Wildman–Crippen MR) is 101 cm³/mol. The fraction of sp³-hybridized carbons (Fsp3) is 0.700. The lowest BCUT2D eigenvalue weighted by Crippen LogP contribution is -2.43. The zero-order valence-electron chi connectivity index (χ0n) is 16.6. The molecule has 0 N–H and O–H groups in total. The minimum absolute atomic E-state index is 0.117. The van der Waals surface area contributed by atoms with Gasteiger partial charge in [0.05, 0.1) is 13.2 Å². The molecule has 3 aliphatic rings. The third-order valence-corrected chi connectivity index (χ3v) is 5.33. The van der Waals surface area contributed by atoms with E-state index in [1.807, 2.05) is 13.8 Å². The van der Waals surface area contributed by atoms with Gasteiger partial charge in [0.1, 0.15) is 18.3 Å². The largest absolute Gasteiger partial charge is 0.353 e. The summed E-state index contributed by atoms with van der Waals surface area (Å²) >= 11 is 0. The van der Waals surface area contributed by atoms with E-state index in [0.29, 0.717) is 6.61 Å². The van der Waals surface area contributed by atoms with Crippen molar-refractivity contribution in [3.05, 3.63) is 33.1 Å². The van der Waals surface area contributed by atoms with E-state index in [0.717, 1.165) is 23.8 Å².